The maximum Gasteiger partial charge on any atom is 0.244 e. The number of hydrogen-bond acceptors (Lipinski definition) is 4. The van der Waals surface area contributed by atoms with Gasteiger partial charge in [0.15, 0.2) is 0 Å². The van der Waals surface area contributed by atoms with Gasteiger partial charge in [0.1, 0.15) is 12.6 Å². The Morgan fingerprint density at radius 1 is 1.08 bits per heavy atom. The minimum absolute atomic E-state index is 0.107. The van der Waals surface area contributed by atoms with E-state index in [1.54, 1.807) is 18.2 Å². The fraction of sp³-hybridized carbons (Fsp3) is 0.481. The van der Waals surface area contributed by atoms with Gasteiger partial charge in [0.25, 0.3) is 0 Å². The predicted molar refractivity (Wildman–Crippen MR) is 144 cm³/mol. The maximum atomic E-state index is 13.7. The summed E-state index contributed by atoms with van der Waals surface area (Å²) in [7, 11) is -3.79. The number of carbonyl (C=O) groups is 2. The van der Waals surface area contributed by atoms with Gasteiger partial charge in [0, 0.05) is 17.6 Å². The smallest absolute Gasteiger partial charge is 0.244 e. The number of benzene rings is 2. The van der Waals surface area contributed by atoms with E-state index in [4.69, 9.17) is 11.6 Å². The van der Waals surface area contributed by atoms with Crippen molar-refractivity contribution in [1.82, 2.24) is 10.2 Å². The number of hydrogen-bond donors (Lipinski definition) is 1. The molecule has 0 saturated heterocycles. The van der Waals surface area contributed by atoms with E-state index in [1.165, 1.54) is 17.4 Å². The predicted octanol–water partition coefficient (Wildman–Crippen LogP) is 4.67. The molecule has 0 spiro atoms. The number of nitrogens with zero attached hydrogens (tertiary/aromatic N) is 2. The second-order valence-electron chi connectivity index (χ2n) is 9.52. The summed E-state index contributed by atoms with van der Waals surface area (Å²) in [5.74, 6) is -0.648. The van der Waals surface area contributed by atoms with Crippen LogP contribution in [0.5, 0.6) is 0 Å². The first-order chi connectivity index (χ1) is 17.1. The van der Waals surface area contributed by atoms with Crippen molar-refractivity contribution < 1.29 is 18.0 Å². The average Bonchev–Trinajstić information content (AvgIpc) is 2.83. The van der Waals surface area contributed by atoms with E-state index < -0.39 is 28.5 Å². The zero-order valence-corrected chi connectivity index (χ0v) is 22.8. The fourth-order valence-electron chi connectivity index (χ4n) is 4.60. The summed E-state index contributed by atoms with van der Waals surface area (Å²) in [6.07, 6.45) is 6.67. The summed E-state index contributed by atoms with van der Waals surface area (Å²) in [6.45, 7) is 3.61. The van der Waals surface area contributed by atoms with Gasteiger partial charge in [-0.1, -0.05) is 73.7 Å². The van der Waals surface area contributed by atoms with Crippen LogP contribution in [0.25, 0.3) is 0 Å². The van der Waals surface area contributed by atoms with Crippen molar-refractivity contribution in [2.45, 2.75) is 71.0 Å². The van der Waals surface area contributed by atoms with Crippen LogP contribution in [-0.2, 0) is 26.2 Å². The number of aryl methyl sites for hydroxylation is 1. The summed E-state index contributed by atoms with van der Waals surface area (Å²) in [4.78, 5) is 28.6. The van der Waals surface area contributed by atoms with E-state index in [1.807, 2.05) is 38.1 Å². The number of halogens is 1. The van der Waals surface area contributed by atoms with Gasteiger partial charge in [0.05, 0.1) is 11.9 Å². The van der Waals surface area contributed by atoms with Crippen molar-refractivity contribution in [1.29, 1.82) is 0 Å². The Balaban J connectivity index is 1.90. The molecule has 1 aliphatic rings. The number of carbonyl (C=O) groups excluding carboxylic acids is 2. The molecule has 9 heteroatoms. The van der Waals surface area contributed by atoms with Gasteiger partial charge < -0.3 is 10.2 Å². The van der Waals surface area contributed by atoms with Gasteiger partial charge >= 0.3 is 0 Å². The third kappa shape index (κ3) is 7.71. The van der Waals surface area contributed by atoms with Gasteiger partial charge in [-0.3, -0.25) is 13.9 Å². The third-order valence-electron chi connectivity index (χ3n) is 6.59. The lowest BCUT2D eigenvalue weighted by Gasteiger charge is -2.34. The van der Waals surface area contributed by atoms with Crippen LogP contribution in [-0.4, -0.2) is 50.0 Å². The first-order valence-electron chi connectivity index (χ1n) is 12.5. The van der Waals surface area contributed by atoms with Crippen LogP contribution >= 0.6 is 11.6 Å². The molecule has 2 amide bonds. The molecule has 0 aliphatic heterocycles. The van der Waals surface area contributed by atoms with Crippen molar-refractivity contribution in [3.8, 4) is 0 Å². The minimum atomic E-state index is -3.79. The van der Waals surface area contributed by atoms with E-state index in [0.29, 0.717) is 17.1 Å². The highest BCUT2D eigenvalue weighted by molar-refractivity contribution is 7.92. The first kappa shape index (κ1) is 28.0. The molecule has 0 aromatic heterocycles. The van der Waals surface area contributed by atoms with Gasteiger partial charge in [0.2, 0.25) is 21.8 Å². The van der Waals surface area contributed by atoms with Crippen LogP contribution in [0.1, 0.15) is 56.6 Å². The molecule has 1 N–H and O–H groups in total. The molecule has 2 aromatic carbocycles. The molecule has 0 bridgehead atoms. The molecule has 1 fully saturated rings. The van der Waals surface area contributed by atoms with Crippen LogP contribution in [0.15, 0.2) is 48.5 Å². The van der Waals surface area contributed by atoms with Gasteiger partial charge in [-0.05, 0) is 49.9 Å². The zero-order valence-electron chi connectivity index (χ0n) is 21.2. The van der Waals surface area contributed by atoms with Gasteiger partial charge in [-0.25, -0.2) is 8.42 Å². The van der Waals surface area contributed by atoms with Crippen LogP contribution in [0.3, 0.4) is 0 Å². The quantitative estimate of drug-likeness (QED) is 0.481. The second-order valence-corrected chi connectivity index (χ2v) is 11.9. The summed E-state index contributed by atoms with van der Waals surface area (Å²) >= 11 is 6.10. The van der Waals surface area contributed by atoms with E-state index >= 15 is 0 Å². The van der Waals surface area contributed by atoms with Gasteiger partial charge in [-0.15, -0.1) is 0 Å². The average molecular weight is 534 g/mol. The Morgan fingerprint density at radius 3 is 2.33 bits per heavy atom. The van der Waals surface area contributed by atoms with Crippen molar-refractivity contribution in [3.05, 3.63) is 64.7 Å². The normalized spacial score (nSPS) is 15.2. The molecule has 3 rings (SSSR count). The topological polar surface area (TPSA) is 86.8 Å². The summed E-state index contributed by atoms with van der Waals surface area (Å²) in [5, 5.41) is 3.50. The Kier molecular flexibility index (Phi) is 9.79. The van der Waals surface area contributed by atoms with E-state index in [-0.39, 0.29) is 18.5 Å². The minimum Gasteiger partial charge on any atom is -0.352 e. The number of nitrogens with one attached hydrogen (secondary N) is 1. The molecule has 2 aromatic rings. The molecule has 36 heavy (non-hydrogen) atoms. The third-order valence-corrected chi connectivity index (χ3v) is 7.96. The fourth-order valence-corrected chi connectivity index (χ4v) is 5.62. The Hall–Kier alpha value is -2.58. The molecule has 0 unspecified atom stereocenters. The van der Waals surface area contributed by atoms with E-state index in [9.17, 15) is 18.0 Å². The summed E-state index contributed by atoms with van der Waals surface area (Å²) in [6, 6.07) is 13.5. The van der Waals surface area contributed by atoms with Crippen LogP contribution in [0.4, 0.5) is 5.69 Å². The first-order valence-corrected chi connectivity index (χ1v) is 14.7. The molecule has 1 aliphatic carbocycles. The largest absolute Gasteiger partial charge is 0.352 e. The second kappa shape index (κ2) is 12.6. The number of sulfonamides is 1. The SMILES string of the molecule is CC[C@@H](C(=O)NC1CCCCC1)N(Cc1ccc(C)cc1)C(=O)CN(c1cccc(Cl)c1)S(C)(=O)=O. The molecular formula is C27H36ClN3O4S. The summed E-state index contributed by atoms with van der Waals surface area (Å²) in [5.41, 5.74) is 2.25. The number of anilines is 1. The number of rotatable bonds is 10. The molecule has 0 heterocycles. The monoisotopic (exact) mass is 533 g/mol. The van der Waals surface area contributed by atoms with Gasteiger partial charge in [-0.2, -0.15) is 0 Å². The van der Waals surface area contributed by atoms with Crippen LogP contribution < -0.4 is 9.62 Å². The maximum absolute atomic E-state index is 13.7. The van der Waals surface area contributed by atoms with Crippen LogP contribution in [0, 0.1) is 6.92 Å². The number of amides is 2. The molecule has 1 atom stereocenters. The lowest BCUT2D eigenvalue weighted by atomic mass is 9.95. The Bertz CT molecular complexity index is 1150. The van der Waals surface area contributed by atoms with E-state index in [0.717, 1.165) is 47.4 Å². The highest BCUT2D eigenvalue weighted by Crippen LogP contribution is 2.23. The standard InChI is InChI=1S/C27H36ClN3O4S/c1-4-25(27(33)29-23-10-6-5-7-11-23)30(18-21-15-13-20(2)14-16-21)26(32)19-31(36(3,34)35)24-12-8-9-22(28)17-24/h8-9,12-17,23,25H,4-7,10-11,18-19H2,1-3H3,(H,29,33)/t25-/m0/s1. The lowest BCUT2D eigenvalue weighted by molar-refractivity contribution is -0.140. The molecular weight excluding hydrogens is 498 g/mol. The Labute approximate surface area is 219 Å². The molecule has 196 valence electrons. The van der Waals surface area contributed by atoms with E-state index in [2.05, 4.69) is 5.32 Å². The molecule has 1 saturated carbocycles. The molecule has 7 nitrogen and oxygen atoms in total. The summed E-state index contributed by atoms with van der Waals surface area (Å²) < 4.78 is 26.4. The highest BCUT2D eigenvalue weighted by atomic mass is 35.5. The van der Waals surface area contributed by atoms with Crippen molar-refractivity contribution in [2.75, 3.05) is 17.1 Å². The highest BCUT2D eigenvalue weighted by Gasteiger charge is 2.32. The van der Waals surface area contributed by atoms with Crippen LogP contribution in [0.2, 0.25) is 5.02 Å². The lowest BCUT2D eigenvalue weighted by Crippen LogP contribution is -2.53. The Morgan fingerprint density at radius 2 is 1.75 bits per heavy atom. The zero-order chi connectivity index (χ0) is 26.3. The van der Waals surface area contributed by atoms with Crippen molar-refractivity contribution >= 4 is 39.1 Å². The van der Waals surface area contributed by atoms with Crippen molar-refractivity contribution in [2.24, 2.45) is 0 Å². The molecule has 0 radical (unpaired) electrons. The van der Waals surface area contributed by atoms with Crippen molar-refractivity contribution in [3.63, 3.8) is 0 Å².